The monoisotopic (exact) mass is 596 g/mol. The highest BCUT2D eigenvalue weighted by molar-refractivity contribution is 5.98. The van der Waals surface area contributed by atoms with E-state index in [0.717, 1.165) is 11.1 Å². The fraction of sp³-hybridized carbons (Fsp3) is 0.222. The SMILES string of the molecule is COc1ccc(C(=O)C[C@@H](Cc2ccccc2)C(=O)O)cc1.COc1ccc(C(=O)C[C@H](Cc2ccccc2)C(=O)O)cc1. The molecule has 4 rings (SSSR count). The summed E-state index contributed by atoms with van der Waals surface area (Å²) in [4.78, 5) is 47.3. The Morgan fingerprint density at radius 2 is 0.841 bits per heavy atom. The first-order valence-corrected chi connectivity index (χ1v) is 14.1. The molecule has 44 heavy (non-hydrogen) atoms. The van der Waals surface area contributed by atoms with Gasteiger partial charge in [-0.3, -0.25) is 19.2 Å². The number of Topliss-reactive ketones (excluding diaryl/α,β-unsaturated/α-hetero) is 2. The van der Waals surface area contributed by atoms with Crippen molar-refractivity contribution in [1.29, 1.82) is 0 Å². The molecule has 0 fully saturated rings. The Kier molecular flexibility index (Phi) is 12.9. The van der Waals surface area contributed by atoms with Gasteiger partial charge in [0.1, 0.15) is 11.5 Å². The zero-order valence-corrected chi connectivity index (χ0v) is 24.7. The van der Waals surface area contributed by atoms with E-state index in [4.69, 9.17) is 9.47 Å². The van der Waals surface area contributed by atoms with Crippen molar-refractivity contribution in [3.8, 4) is 11.5 Å². The summed E-state index contributed by atoms with van der Waals surface area (Å²) in [7, 11) is 3.11. The van der Waals surface area contributed by atoms with E-state index in [0.29, 0.717) is 35.5 Å². The summed E-state index contributed by atoms with van der Waals surface area (Å²) in [6, 6.07) is 32.1. The molecule has 2 atom stereocenters. The van der Waals surface area contributed by atoms with Crippen LogP contribution in [0.4, 0.5) is 0 Å². The quantitative estimate of drug-likeness (QED) is 0.160. The number of rotatable bonds is 14. The summed E-state index contributed by atoms with van der Waals surface area (Å²) in [6.45, 7) is 0. The van der Waals surface area contributed by atoms with Crippen LogP contribution in [0.15, 0.2) is 109 Å². The van der Waals surface area contributed by atoms with Crippen molar-refractivity contribution in [2.75, 3.05) is 14.2 Å². The normalized spacial score (nSPS) is 11.7. The zero-order chi connectivity index (χ0) is 31.9. The third-order valence-electron chi connectivity index (χ3n) is 7.04. The smallest absolute Gasteiger partial charge is 0.307 e. The van der Waals surface area contributed by atoms with Crippen molar-refractivity contribution < 1.29 is 38.9 Å². The molecule has 0 saturated carbocycles. The molecule has 8 heteroatoms. The van der Waals surface area contributed by atoms with Crippen LogP contribution in [0.3, 0.4) is 0 Å². The van der Waals surface area contributed by atoms with Crippen molar-refractivity contribution in [3.05, 3.63) is 131 Å². The van der Waals surface area contributed by atoms with E-state index in [1.165, 1.54) is 0 Å². The minimum atomic E-state index is -0.953. The van der Waals surface area contributed by atoms with Gasteiger partial charge in [0.15, 0.2) is 11.6 Å². The molecule has 8 nitrogen and oxygen atoms in total. The fourth-order valence-corrected chi connectivity index (χ4v) is 4.53. The predicted molar refractivity (Wildman–Crippen MR) is 166 cm³/mol. The zero-order valence-electron chi connectivity index (χ0n) is 24.7. The standard InChI is InChI=1S/2C18H18O4/c2*1-22-16-9-7-14(8-10-16)17(19)12-15(18(20)21)11-13-5-3-2-4-6-13/h2*2-10,15H,11-12H2,1H3,(H,20,21)/t2*15-/m10/s1. The molecule has 0 spiro atoms. The van der Waals surface area contributed by atoms with Crippen molar-refractivity contribution in [1.82, 2.24) is 0 Å². The molecule has 0 amide bonds. The Morgan fingerprint density at radius 1 is 0.523 bits per heavy atom. The van der Waals surface area contributed by atoms with Gasteiger partial charge in [-0.1, -0.05) is 60.7 Å². The number of carboxylic acid groups (broad SMARTS) is 2. The molecule has 0 heterocycles. The van der Waals surface area contributed by atoms with E-state index in [1.54, 1.807) is 62.8 Å². The first kappa shape index (κ1) is 33.3. The molecule has 0 aliphatic heterocycles. The van der Waals surface area contributed by atoms with Crippen LogP contribution in [0.1, 0.15) is 44.7 Å². The third kappa shape index (κ3) is 10.5. The Balaban J connectivity index is 0.000000240. The molecular weight excluding hydrogens is 560 g/mol. The number of carbonyl (C=O) groups is 4. The molecule has 0 bridgehead atoms. The van der Waals surface area contributed by atoms with E-state index in [9.17, 15) is 29.4 Å². The summed E-state index contributed by atoms with van der Waals surface area (Å²) < 4.78 is 10.1. The van der Waals surface area contributed by atoms with Crippen LogP contribution in [-0.4, -0.2) is 47.9 Å². The van der Waals surface area contributed by atoms with E-state index in [2.05, 4.69) is 0 Å². The van der Waals surface area contributed by atoms with Gasteiger partial charge in [-0.25, -0.2) is 0 Å². The molecule has 4 aromatic carbocycles. The molecule has 0 aliphatic carbocycles. The average molecular weight is 597 g/mol. The summed E-state index contributed by atoms with van der Waals surface area (Å²) in [6.07, 6.45) is 0.656. The Bertz CT molecular complexity index is 1380. The molecule has 0 aromatic heterocycles. The highest BCUT2D eigenvalue weighted by Crippen LogP contribution is 2.20. The molecule has 0 radical (unpaired) electrons. The topological polar surface area (TPSA) is 127 Å². The summed E-state index contributed by atoms with van der Waals surface area (Å²) >= 11 is 0. The van der Waals surface area contributed by atoms with Crippen LogP contribution in [-0.2, 0) is 22.4 Å². The lowest BCUT2D eigenvalue weighted by Crippen LogP contribution is -2.20. The lowest BCUT2D eigenvalue weighted by molar-refractivity contribution is -0.142. The van der Waals surface area contributed by atoms with E-state index >= 15 is 0 Å². The van der Waals surface area contributed by atoms with Crippen molar-refractivity contribution in [2.45, 2.75) is 25.7 Å². The second-order valence-electron chi connectivity index (χ2n) is 10.2. The first-order valence-electron chi connectivity index (χ1n) is 14.1. The average Bonchev–Trinajstić information content (AvgIpc) is 3.05. The molecule has 0 aliphatic rings. The minimum absolute atomic E-state index is 0.0173. The van der Waals surface area contributed by atoms with Gasteiger partial charge < -0.3 is 19.7 Å². The third-order valence-corrected chi connectivity index (χ3v) is 7.04. The van der Waals surface area contributed by atoms with E-state index < -0.39 is 23.8 Å². The van der Waals surface area contributed by atoms with Crippen LogP contribution < -0.4 is 9.47 Å². The van der Waals surface area contributed by atoms with Gasteiger partial charge in [0.05, 0.1) is 26.1 Å². The van der Waals surface area contributed by atoms with Gasteiger partial charge in [-0.2, -0.15) is 0 Å². The summed E-state index contributed by atoms with van der Waals surface area (Å²) in [5.41, 5.74) is 2.83. The first-order chi connectivity index (χ1) is 21.2. The molecular formula is C36H36O8. The maximum absolute atomic E-state index is 12.2. The van der Waals surface area contributed by atoms with Crippen LogP contribution in [0.5, 0.6) is 11.5 Å². The summed E-state index contributed by atoms with van der Waals surface area (Å²) in [5.74, 6) is -2.38. The van der Waals surface area contributed by atoms with Gasteiger partial charge in [0.25, 0.3) is 0 Å². The van der Waals surface area contributed by atoms with Gasteiger partial charge in [-0.05, 0) is 72.5 Å². The Morgan fingerprint density at radius 3 is 1.11 bits per heavy atom. The Labute approximate surface area is 256 Å². The van der Waals surface area contributed by atoms with Crippen LogP contribution in [0.2, 0.25) is 0 Å². The van der Waals surface area contributed by atoms with Crippen molar-refractivity contribution in [2.24, 2.45) is 11.8 Å². The van der Waals surface area contributed by atoms with Gasteiger partial charge in [0.2, 0.25) is 0 Å². The van der Waals surface area contributed by atoms with Gasteiger partial charge in [-0.15, -0.1) is 0 Å². The number of methoxy groups -OCH3 is 2. The second kappa shape index (κ2) is 17.0. The fourth-order valence-electron chi connectivity index (χ4n) is 4.53. The molecule has 2 N–H and O–H groups in total. The number of aliphatic carboxylic acids is 2. The van der Waals surface area contributed by atoms with Crippen LogP contribution in [0, 0.1) is 11.8 Å². The molecule has 4 aromatic rings. The number of benzene rings is 4. The number of hydrogen-bond donors (Lipinski definition) is 2. The maximum atomic E-state index is 12.2. The number of ether oxygens (including phenoxy) is 2. The minimum Gasteiger partial charge on any atom is -0.497 e. The van der Waals surface area contributed by atoms with E-state index in [1.807, 2.05) is 60.7 Å². The van der Waals surface area contributed by atoms with Crippen LogP contribution in [0.25, 0.3) is 0 Å². The number of hydrogen-bond acceptors (Lipinski definition) is 6. The lowest BCUT2D eigenvalue weighted by atomic mass is 9.92. The number of carbonyl (C=O) groups excluding carboxylic acids is 2. The molecule has 0 unspecified atom stereocenters. The van der Waals surface area contributed by atoms with Crippen molar-refractivity contribution >= 4 is 23.5 Å². The highest BCUT2D eigenvalue weighted by atomic mass is 16.5. The number of carboxylic acids is 2. The second-order valence-corrected chi connectivity index (χ2v) is 10.2. The lowest BCUT2D eigenvalue weighted by Gasteiger charge is -2.12. The van der Waals surface area contributed by atoms with Gasteiger partial charge >= 0.3 is 11.9 Å². The van der Waals surface area contributed by atoms with Crippen LogP contribution >= 0.6 is 0 Å². The predicted octanol–water partition coefficient (Wildman–Crippen LogP) is 6.42. The van der Waals surface area contributed by atoms with Crippen molar-refractivity contribution in [3.63, 3.8) is 0 Å². The molecule has 228 valence electrons. The Hall–Kier alpha value is -5.24. The number of ketones is 2. The molecule has 0 saturated heterocycles. The summed E-state index contributed by atoms with van der Waals surface area (Å²) in [5, 5.41) is 18.7. The van der Waals surface area contributed by atoms with E-state index in [-0.39, 0.29) is 24.4 Å². The van der Waals surface area contributed by atoms with Gasteiger partial charge in [0, 0.05) is 24.0 Å². The maximum Gasteiger partial charge on any atom is 0.307 e. The highest BCUT2D eigenvalue weighted by Gasteiger charge is 2.23. The largest absolute Gasteiger partial charge is 0.497 e.